The van der Waals surface area contributed by atoms with E-state index in [0.717, 1.165) is 17.2 Å². The van der Waals surface area contributed by atoms with E-state index >= 15 is 0 Å². The molecule has 16 heavy (non-hydrogen) atoms. The summed E-state index contributed by atoms with van der Waals surface area (Å²) >= 11 is 0. The standard InChI is InChI=1S/C14H19NO/c1-10-4-3-5-14(10)15-13-8-6-12(7-9-13)11(2)16/h6-10,14-15H,3-5H2,1-2H3. The van der Waals surface area contributed by atoms with Gasteiger partial charge in [-0.05, 0) is 49.9 Å². The second kappa shape index (κ2) is 4.69. The molecule has 0 radical (unpaired) electrons. The Labute approximate surface area is 97.1 Å². The van der Waals surface area contributed by atoms with Gasteiger partial charge in [-0.1, -0.05) is 13.3 Å². The predicted octanol–water partition coefficient (Wildman–Crippen LogP) is 3.49. The van der Waals surface area contributed by atoms with Gasteiger partial charge in [-0.3, -0.25) is 4.79 Å². The van der Waals surface area contributed by atoms with Crippen molar-refractivity contribution in [1.82, 2.24) is 0 Å². The minimum Gasteiger partial charge on any atom is -0.382 e. The van der Waals surface area contributed by atoms with Crippen LogP contribution in [0.25, 0.3) is 0 Å². The fraction of sp³-hybridized carbons (Fsp3) is 0.500. The Hall–Kier alpha value is -1.31. The van der Waals surface area contributed by atoms with Crippen molar-refractivity contribution in [2.45, 2.75) is 39.2 Å². The normalized spacial score (nSPS) is 24.4. The fourth-order valence-corrected chi connectivity index (χ4v) is 2.38. The molecule has 0 aliphatic heterocycles. The van der Waals surface area contributed by atoms with Gasteiger partial charge in [0.1, 0.15) is 0 Å². The Morgan fingerprint density at radius 1 is 1.25 bits per heavy atom. The molecule has 2 heteroatoms. The van der Waals surface area contributed by atoms with Crippen LogP contribution in [0.3, 0.4) is 0 Å². The van der Waals surface area contributed by atoms with Crippen LogP contribution >= 0.6 is 0 Å². The summed E-state index contributed by atoms with van der Waals surface area (Å²) in [5.41, 5.74) is 1.91. The van der Waals surface area contributed by atoms with E-state index in [1.807, 2.05) is 24.3 Å². The Morgan fingerprint density at radius 2 is 1.94 bits per heavy atom. The number of benzene rings is 1. The van der Waals surface area contributed by atoms with Crippen molar-refractivity contribution in [1.29, 1.82) is 0 Å². The summed E-state index contributed by atoms with van der Waals surface area (Å²) in [6.07, 6.45) is 3.91. The molecule has 1 aliphatic carbocycles. The number of carbonyl (C=O) groups excluding carboxylic acids is 1. The number of hydrogen-bond donors (Lipinski definition) is 1. The zero-order valence-electron chi connectivity index (χ0n) is 9.99. The summed E-state index contributed by atoms with van der Waals surface area (Å²) in [5, 5.41) is 3.55. The van der Waals surface area contributed by atoms with Gasteiger partial charge in [-0.25, -0.2) is 0 Å². The largest absolute Gasteiger partial charge is 0.382 e. The van der Waals surface area contributed by atoms with Crippen LogP contribution in [0.15, 0.2) is 24.3 Å². The maximum absolute atomic E-state index is 11.1. The number of nitrogens with one attached hydrogen (secondary N) is 1. The summed E-state index contributed by atoms with van der Waals surface area (Å²) in [5.74, 6) is 0.883. The van der Waals surface area contributed by atoms with E-state index in [1.54, 1.807) is 6.92 Å². The van der Waals surface area contributed by atoms with Gasteiger partial charge in [0.05, 0.1) is 0 Å². The topological polar surface area (TPSA) is 29.1 Å². The van der Waals surface area contributed by atoms with E-state index in [1.165, 1.54) is 19.3 Å². The first-order chi connectivity index (χ1) is 7.66. The fourth-order valence-electron chi connectivity index (χ4n) is 2.38. The molecule has 1 aromatic carbocycles. The third-order valence-electron chi connectivity index (χ3n) is 3.50. The van der Waals surface area contributed by atoms with Crippen LogP contribution in [-0.4, -0.2) is 11.8 Å². The minimum absolute atomic E-state index is 0.126. The highest BCUT2D eigenvalue weighted by molar-refractivity contribution is 5.94. The molecule has 2 atom stereocenters. The zero-order chi connectivity index (χ0) is 11.5. The van der Waals surface area contributed by atoms with Crippen LogP contribution in [-0.2, 0) is 0 Å². The minimum atomic E-state index is 0.126. The molecule has 1 aromatic rings. The molecule has 1 aliphatic rings. The first kappa shape index (κ1) is 11.2. The van der Waals surface area contributed by atoms with Crippen molar-refractivity contribution in [2.24, 2.45) is 5.92 Å². The second-order valence-electron chi connectivity index (χ2n) is 4.79. The van der Waals surface area contributed by atoms with E-state index in [2.05, 4.69) is 12.2 Å². The lowest BCUT2D eigenvalue weighted by atomic mass is 10.1. The molecule has 86 valence electrons. The highest BCUT2D eigenvalue weighted by Gasteiger charge is 2.22. The van der Waals surface area contributed by atoms with Gasteiger partial charge < -0.3 is 5.32 Å². The number of hydrogen-bond acceptors (Lipinski definition) is 2. The molecule has 0 saturated heterocycles. The summed E-state index contributed by atoms with van der Waals surface area (Å²) in [7, 11) is 0. The number of ketones is 1. The maximum Gasteiger partial charge on any atom is 0.159 e. The van der Waals surface area contributed by atoms with Crippen LogP contribution in [0.1, 0.15) is 43.5 Å². The third kappa shape index (κ3) is 2.43. The highest BCUT2D eigenvalue weighted by Crippen LogP contribution is 2.27. The molecule has 0 bridgehead atoms. The number of carbonyl (C=O) groups is 1. The van der Waals surface area contributed by atoms with Gasteiger partial charge in [0, 0.05) is 17.3 Å². The lowest BCUT2D eigenvalue weighted by Crippen LogP contribution is -2.21. The molecule has 0 heterocycles. The van der Waals surface area contributed by atoms with Gasteiger partial charge >= 0.3 is 0 Å². The molecular formula is C14H19NO. The number of anilines is 1. The summed E-state index contributed by atoms with van der Waals surface area (Å²) < 4.78 is 0. The predicted molar refractivity (Wildman–Crippen MR) is 66.9 cm³/mol. The van der Waals surface area contributed by atoms with E-state index < -0.39 is 0 Å². The maximum atomic E-state index is 11.1. The molecule has 0 spiro atoms. The zero-order valence-corrected chi connectivity index (χ0v) is 9.99. The van der Waals surface area contributed by atoms with E-state index in [0.29, 0.717) is 6.04 Å². The molecule has 0 amide bonds. The summed E-state index contributed by atoms with van der Waals surface area (Å²) in [6, 6.07) is 8.39. The molecule has 1 saturated carbocycles. The molecule has 2 nitrogen and oxygen atoms in total. The lowest BCUT2D eigenvalue weighted by Gasteiger charge is -2.18. The van der Waals surface area contributed by atoms with Crippen LogP contribution < -0.4 is 5.32 Å². The first-order valence-electron chi connectivity index (χ1n) is 6.04. The van der Waals surface area contributed by atoms with Gasteiger partial charge in [0.25, 0.3) is 0 Å². The van der Waals surface area contributed by atoms with Crippen molar-refractivity contribution in [3.63, 3.8) is 0 Å². The molecule has 0 aromatic heterocycles. The van der Waals surface area contributed by atoms with E-state index in [4.69, 9.17) is 0 Å². The third-order valence-corrected chi connectivity index (χ3v) is 3.50. The van der Waals surface area contributed by atoms with Crippen molar-refractivity contribution in [3.05, 3.63) is 29.8 Å². The highest BCUT2D eigenvalue weighted by atomic mass is 16.1. The molecule has 1 fully saturated rings. The van der Waals surface area contributed by atoms with Gasteiger partial charge in [0.15, 0.2) is 5.78 Å². The Bertz CT molecular complexity index is 369. The van der Waals surface area contributed by atoms with Crippen molar-refractivity contribution in [3.8, 4) is 0 Å². The first-order valence-corrected chi connectivity index (χ1v) is 6.04. The Balaban J connectivity index is 2.02. The molecule has 1 N–H and O–H groups in total. The molecule has 2 rings (SSSR count). The van der Waals surface area contributed by atoms with E-state index in [-0.39, 0.29) is 5.78 Å². The van der Waals surface area contributed by atoms with Crippen LogP contribution in [0.4, 0.5) is 5.69 Å². The average Bonchev–Trinajstić information content (AvgIpc) is 2.65. The van der Waals surface area contributed by atoms with Gasteiger partial charge in [0.2, 0.25) is 0 Å². The van der Waals surface area contributed by atoms with E-state index in [9.17, 15) is 4.79 Å². The molecule has 2 unspecified atom stereocenters. The van der Waals surface area contributed by atoms with Crippen molar-refractivity contribution >= 4 is 11.5 Å². The van der Waals surface area contributed by atoms with Gasteiger partial charge in [-0.2, -0.15) is 0 Å². The smallest absolute Gasteiger partial charge is 0.159 e. The monoisotopic (exact) mass is 217 g/mol. The van der Waals surface area contributed by atoms with Crippen LogP contribution in [0.2, 0.25) is 0 Å². The average molecular weight is 217 g/mol. The summed E-state index contributed by atoms with van der Waals surface area (Å²) in [4.78, 5) is 11.1. The lowest BCUT2D eigenvalue weighted by molar-refractivity contribution is 0.101. The Kier molecular flexibility index (Phi) is 3.28. The number of Topliss-reactive ketones (excluding diaryl/α,β-unsaturated/α-hetero) is 1. The van der Waals surface area contributed by atoms with Gasteiger partial charge in [-0.15, -0.1) is 0 Å². The van der Waals surface area contributed by atoms with Crippen molar-refractivity contribution in [2.75, 3.05) is 5.32 Å². The Morgan fingerprint density at radius 3 is 2.44 bits per heavy atom. The van der Waals surface area contributed by atoms with Crippen molar-refractivity contribution < 1.29 is 4.79 Å². The number of rotatable bonds is 3. The van der Waals surface area contributed by atoms with Crippen LogP contribution in [0, 0.1) is 5.92 Å². The quantitative estimate of drug-likeness (QED) is 0.785. The van der Waals surface area contributed by atoms with Crippen LogP contribution in [0.5, 0.6) is 0 Å². The molecular weight excluding hydrogens is 198 g/mol. The SMILES string of the molecule is CC(=O)c1ccc(NC2CCCC2C)cc1. The second-order valence-corrected chi connectivity index (χ2v) is 4.79. The summed E-state index contributed by atoms with van der Waals surface area (Å²) in [6.45, 7) is 3.90.